The molecule has 0 aliphatic rings. The summed E-state index contributed by atoms with van der Waals surface area (Å²) in [5.74, 6) is -3.24. The van der Waals surface area contributed by atoms with Crippen LogP contribution in [-0.4, -0.2) is 46.9 Å². The maximum absolute atomic E-state index is 12.2. The van der Waals surface area contributed by atoms with E-state index in [9.17, 15) is 24.6 Å². The maximum Gasteiger partial charge on any atom is 0.336 e. The first-order valence-corrected chi connectivity index (χ1v) is 20.1. The number of rotatable bonds is 37. The van der Waals surface area contributed by atoms with Crippen molar-refractivity contribution in [2.45, 2.75) is 225 Å². The number of unbranched alkanes of at least 4 members (excludes halogenated alkanes) is 28. The summed E-state index contributed by atoms with van der Waals surface area (Å²) in [5.41, 5.74) is -2.52. The summed E-state index contributed by atoms with van der Waals surface area (Å²) in [6.07, 6.45) is 35.7. The number of hydrogen-bond acceptors (Lipinski definition) is 6. The Hall–Kier alpha value is -1.63. The van der Waals surface area contributed by atoms with Crippen LogP contribution in [0.3, 0.4) is 0 Å². The predicted molar refractivity (Wildman–Crippen MR) is 194 cm³/mol. The van der Waals surface area contributed by atoms with E-state index in [-0.39, 0.29) is 13.2 Å². The van der Waals surface area contributed by atoms with Crippen LogP contribution in [0.5, 0.6) is 0 Å². The molecule has 1 atom stereocenters. The van der Waals surface area contributed by atoms with Crippen molar-refractivity contribution in [3.63, 3.8) is 0 Å². The van der Waals surface area contributed by atoms with Gasteiger partial charge >= 0.3 is 17.9 Å². The number of carboxylic acid groups (broad SMARTS) is 1. The van der Waals surface area contributed by atoms with Crippen LogP contribution in [0.15, 0.2) is 0 Å². The Morgan fingerprint density at radius 3 is 0.830 bits per heavy atom. The van der Waals surface area contributed by atoms with Gasteiger partial charge in [-0.25, -0.2) is 4.79 Å². The predicted octanol–water partition coefficient (Wildman–Crippen LogP) is 11.4. The molecule has 0 radical (unpaired) electrons. The molecular formula is C40H76O7. The SMILES string of the molecule is CCCCCCCCCCCCCCCCCCOC(=O)CC(O)(CC(=O)OCCCCCCCCCCCCCCCC)C(=O)O. The van der Waals surface area contributed by atoms with Gasteiger partial charge in [-0.05, 0) is 12.8 Å². The van der Waals surface area contributed by atoms with Crippen molar-refractivity contribution < 1.29 is 34.1 Å². The summed E-state index contributed by atoms with van der Waals surface area (Å²) >= 11 is 0. The van der Waals surface area contributed by atoms with E-state index in [1.54, 1.807) is 0 Å². The molecule has 47 heavy (non-hydrogen) atoms. The highest BCUT2D eigenvalue weighted by molar-refractivity contribution is 5.89. The number of carbonyl (C=O) groups is 3. The largest absolute Gasteiger partial charge is 0.479 e. The van der Waals surface area contributed by atoms with Gasteiger partial charge in [0.2, 0.25) is 0 Å². The van der Waals surface area contributed by atoms with E-state index in [0.29, 0.717) is 12.8 Å². The molecule has 0 aliphatic heterocycles. The quantitative estimate of drug-likeness (QED) is 0.0500. The zero-order valence-corrected chi connectivity index (χ0v) is 31.0. The molecule has 0 saturated carbocycles. The highest BCUT2D eigenvalue weighted by Crippen LogP contribution is 2.19. The molecule has 0 aromatic heterocycles. The standard InChI is InChI=1S/C40H76O7/c1-3-5-7-9-11-13-15-17-19-20-22-24-26-28-30-32-34-47-38(42)36-40(45,39(43)44)35-37(41)46-33-31-29-27-25-23-21-18-16-14-12-10-8-6-4-2/h45H,3-36H2,1-2H3,(H,43,44). The maximum atomic E-state index is 12.2. The Morgan fingerprint density at radius 1 is 0.404 bits per heavy atom. The number of aliphatic carboxylic acids is 1. The zero-order chi connectivity index (χ0) is 34.7. The van der Waals surface area contributed by atoms with Crippen molar-refractivity contribution >= 4 is 17.9 Å². The molecule has 0 bridgehead atoms. The summed E-state index contributed by atoms with van der Waals surface area (Å²) in [6.45, 7) is 4.89. The van der Waals surface area contributed by atoms with Crippen molar-refractivity contribution in [1.82, 2.24) is 0 Å². The molecule has 278 valence electrons. The van der Waals surface area contributed by atoms with E-state index < -0.39 is 36.4 Å². The highest BCUT2D eigenvalue weighted by Gasteiger charge is 2.42. The van der Waals surface area contributed by atoms with Gasteiger partial charge in [-0.3, -0.25) is 9.59 Å². The molecule has 2 N–H and O–H groups in total. The van der Waals surface area contributed by atoms with Crippen molar-refractivity contribution in [3.05, 3.63) is 0 Å². The van der Waals surface area contributed by atoms with Crippen LogP contribution in [0.25, 0.3) is 0 Å². The molecule has 0 fully saturated rings. The number of carboxylic acids is 1. The second-order valence-corrected chi connectivity index (χ2v) is 14.0. The first-order valence-electron chi connectivity index (χ1n) is 20.1. The van der Waals surface area contributed by atoms with Crippen LogP contribution in [0.1, 0.15) is 219 Å². The van der Waals surface area contributed by atoms with Gasteiger partial charge in [0.1, 0.15) is 0 Å². The number of aliphatic hydroxyl groups is 1. The van der Waals surface area contributed by atoms with Crippen molar-refractivity contribution in [3.8, 4) is 0 Å². The minimum atomic E-state index is -2.52. The van der Waals surface area contributed by atoms with E-state index in [1.807, 2.05) is 0 Å². The Morgan fingerprint density at radius 2 is 0.617 bits per heavy atom. The Balaban J connectivity index is 3.74. The van der Waals surface area contributed by atoms with Crippen molar-refractivity contribution in [2.24, 2.45) is 0 Å². The lowest BCUT2D eigenvalue weighted by Crippen LogP contribution is -2.43. The summed E-state index contributed by atoms with van der Waals surface area (Å²) in [6, 6.07) is 0. The zero-order valence-electron chi connectivity index (χ0n) is 31.0. The minimum absolute atomic E-state index is 0.191. The van der Waals surface area contributed by atoms with Gasteiger partial charge in [0.15, 0.2) is 5.60 Å². The van der Waals surface area contributed by atoms with E-state index in [2.05, 4.69) is 13.8 Å². The van der Waals surface area contributed by atoms with E-state index in [0.717, 1.165) is 25.7 Å². The van der Waals surface area contributed by atoms with Gasteiger partial charge in [0.25, 0.3) is 0 Å². The third-order valence-electron chi connectivity index (χ3n) is 9.29. The van der Waals surface area contributed by atoms with E-state index >= 15 is 0 Å². The summed E-state index contributed by atoms with van der Waals surface area (Å²) in [5, 5.41) is 20.0. The third-order valence-corrected chi connectivity index (χ3v) is 9.29. The third kappa shape index (κ3) is 31.4. The Kier molecular flexibility index (Phi) is 33.1. The molecule has 0 aromatic carbocycles. The molecule has 0 aliphatic carbocycles. The fourth-order valence-electron chi connectivity index (χ4n) is 6.11. The summed E-state index contributed by atoms with van der Waals surface area (Å²) in [4.78, 5) is 36.1. The number of carbonyl (C=O) groups excluding carboxylic acids is 2. The molecule has 0 spiro atoms. The summed E-state index contributed by atoms with van der Waals surface area (Å²) in [7, 11) is 0. The fourth-order valence-corrected chi connectivity index (χ4v) is 6.11. The van der Waals surface area contributed by atoms with Crippen LogP contribution in [0.4, 0.5) is 0 Å². The smallest absolute Gasteiger partial charge is 0.336 e. The molecule has 1 unspecified atom stereocenters. The molecular weight excluding hydrogens is 592 g/mol. The molecule has 0 aromatic rings. The monoisotopic (exact) mass is 669 g/mol. The number of ether oxygens (including phenoxy) is 2. The molecule has 7 nitrogen and oxygen atoms in total. The van der Waals surface area contributed by atoms with Crippen molar-refractivity contribution in [1.29, 1.82) is 0 Å². The molecule has 0 amide bonds. The summed E-state index contributed by atoms with van der Waals surface area (Å²) < 4.78 is 10.3. The second-order valence-electron chi connectivity index (χ2n) is 14.0. The molecule has 0 saturated heterocycles. The van der Waals surface area contributed by atoms with Gasteiger partial charge in [-0.15, -0.1) is 0 Å². The highest BCUT2D eigenvalue weighted by atomic mass is 16.5. The van der Waals surface area contributed by atoms with Crippen LogP contribution in [0.2, 0.25) is 0 Å². The lowest BCUT2D eigenvalue weighted by Gasteiger charge is -2.21. The lowest BCUT2D eigenvalue weighted by molar-refractivity contribution is -0.173. The van der Waals surface area contributed by atoms with Crippen LogP contribution in [0, 0.1) is 0 Å². The van der Waals surface area contributed by atoms with Gasteiger partial charge in [-0.1, -0.05) is 194 Å². The van der Waals surface area contributed by atoms with E-state index in [1.165, 1.54) is 154 Å². The molecule has 0 heterocycles. The molecule has 0 rings (SSSR count). The first-order chi connectivity index (χ1) is 22.9. The van der Waals surface area contributed by atoms with Crippen LogP contribution < -0.4 is 0 Å². The van der Waals surface area contributed by atoms with Crippen LogP contribution in [-0.2, 0) is 23.9 Å². The topological polar surface area (TPSA) is 110 Å². The normalized spacial score (nSPS) is 12.6. The first kappa shape index (κ1) is 45.4. The average Bonchev–Trinajstić information content (AvgIpc) is 3.04. The molecule has 7 heteroatoms. The number of esters is 2. The van der Waals surface area contributed by atoms with Crippen molar-refractivity contribution in [2.75, 3.05) is 13.2 Å². The minimum Gasteiger partial charge on any atom is -0.479 e. The fraction of sp³-hybridized carbons (Fsp3) is 0.925. The van der Waals surface area contributed by atoms with Gasteiger partial charge in [-0.2, -0.15) is 0 Å². The van der Waals surface area contributed by atoms with E-state index in [4.69, 9.17) is 9.47 Å². The lowest BCUT2D eigenvalue weighted by atomic mass is 9.96. The van der Waals surface area contributed by atoms with Gasteiger partial charge in [0.05, 0.1) is 26.1 Å². The average molecular weight is 669 g/mol. The Labute approximate surface area is 289 Å². The van der Waals surface area contributed by atoms with Gasteiger partial charge < -0.3 is 19.7 Å². The second kappa shape index (κ2) is 34.2. The van der Waals surface area contributed by atoms with Gasteiger partial charge in [0, 0.05) is 0 Å². The van der Waals surface area contributed by atoms with Crippen LogP contribution >= 0.6 is 0 Å². The Bertz CT molecular complexity index is 725. The number of hydrogen-bond donors (Lipinski definition) is 2.